The normalized spacial score (nSPS) is 24.6. The van der Waals surface area contributed by atoms with E-state index in [9.17, 15) is 4.79 Å². The van der Waals surface area contributed by atoms with Crippen molar-refractivity contribution in [1.82, 2.24) is 14.5 Å². The van der Waals surface area contributed by atoms with Gasteiger partial charge in [0, 0.05) is 24.8 Å². The monoisotopic (exact) mass is 283 g/mol. The summed E-state index contributed by atoms with van der Waals surface area (Å²) in [6.45, 7) is 5.27. The molecule has 19 heavy (non-hydrogen) atoms. The van der Waals surface area contributed by atoms with Gasteiger partial charge in [-0.2, -0.15) is 0 Å². The molecule has 5 nitrogen and oxygen atoms in total. The molecule has 2 unspecified atom stereocenters. The van der Waals surface area contributed by atoms with Gasteiger partial charge < -0.3 is 14.6 Å². The Labute approximate surface area is 118 Å². The first-order valence-electron chi connectivity index (χ1n) is 6.57. The summed E-state index contributed by atoms with van der Waals surface area (Å²) in [6, 6.07) is 0.988. The number of carboxylic acids is 1. The molecule has 2 heterocycles. The van der Waals surface area contributed by atoms with E-state index in [1.54, 1.807) is 0 Å². The molecular formula is C13H21N3O2S. The first kappa shape index (κ1) is 14.4. The number of carbonyl (C=O) groups is 1. The van der Waals surface area contributed by atoms with Crippen molar-refractivity contribution in [3.8, 4) is 0 Å². The highest BCUT2D eigenvalue weighted by atomic mass is 32.2. The molecule has 0 aromatic carbocycles. The predicted molar refractivity (Wildman–Crippen MR) is 75.7 cm³/mol. The number of carboxylic acid groups (broad SMARTS) is 1. The minimum atomic E-state index is -0.797. The lowest BCUT2D eigenvalue weighted by molar-refractivity contribution is -0.133. The largest absolute Gasteiger partial charge is 0.481 e. The maximum atomic E-state index is 10.7. The highest BCUT2D eigenvalue weighted by Gasteiger charge is 2.26. The zero-order chi connectivity index (χ0) is 14.0. The Hall–Kier alpha value is -1.01. The Bertz CT molecular complexity index is 461. The van der Waals surface area contributed by atoms with Crippen LogP contribution in [-0.4, -0.2) is 50.9 Å². The number of aromatic nitrogens is 2. The van der Waals surface area contributed by atoms with E-state index >= 15 is 0 Å². The molecule has 0 amide bonds. The number of nitrogens with zero attached hydrogens (tertiary/aromatic N) is 3. The average Bonchev–Trinajstić information content (AvgIpc) is 2.71. The number of hydrogen-bond donors (Lipinski definition) is 1. The van der Waals surface area contributed by atoms with E-state index in [4.69, 9.17) is 5.11 Å². The maximum Gasteiger partial charge on any atom is 0.313 e. The fraction of sp³-hybridized carbons (Fsp3) is 0.692. The maximum absolute atomic E-state index is 10.7. The van der Waals surface area contributed by atoms with Gasteiger partial charge in [0.25, 0.3) is 0 Å². The fourth-order valence-electron chi connectivity index (χ4n) is 2.51. The summed E-state index contributed by atoms with van der Waals surface area (Å²) < 4.78 is 2.17. The van der Waals surface area contributed by atoms with Gasteiger partial charge in [0.1, 0.15) is 0 Å². The van der Waals surface area contributed by atoms with E-state index in [0.717, 1.165) is 30.2 Å². The Kier molecular flexibility index (Phi) is 4.52. The zero-order valence-corrected chi connectivity index (χ0v) is 12.5. The van der Waals surface area contributed by atoms with Crippen LogP contribution in [0.25, 0.3) is 0 Å². The van der Waals surface area contributed by atoms with Gasteiger partial charge in [0.15, 0.2) is 5.16 Å². The van der Waals surface area contributed by atoms with Crippen LogP contribution in [0.15, 0.2) is 11.4 Å². The minimum Gasteiger partial charge on any atom is -0.481 e. The van der Waals surface area contributed by atoms with Crippen LogP contribution in [0.3, 0.4) is 0 Å². The van der Waals surface area contributed by atoms with E-state index in [1.807, 2.05) is 13.1 Å². The highest BCUT2D eigenvalue weighted by molar-refractivity contribution is 7.99. The number of hydrogen-bond acceptors (Lipinski definition) is 4. The molecule has 2 atom stereocenters. The summed E-state index contributed by atoms with van der Waals surface area (Å²) in [5, 5.41) is 9.63. The molecule has 0 spiro atoms. The van der Waals surface area contributed by atoms with Crippen molar-refractivity contribution in [3.05, 3.63) is 11.9 Å². The topological polar surface area (TPSA) is 58.4 Å². The molecular weight excluding hydrogens is 262 g/mol. The van der Waals surface area contributed by atoms with E-state index in [-0.39, 0.29) is 5.75 Å². The Morgan fingerprint density at radius 2 is 2.37 bits per heavy atom. The minimum absolute atomic E-state index is 0.0681. The van der Waals surface area contributed by atoms with Gasteiger partial charge in [-0.1, -0.05) is 11.8 Å². The van der Waals surface area contributed by atoms with Crippen LogP contribution in [0.2, 0.25) is 0 Å². The third-order valence-electron chi connectivity index (χ3n) is 3.72. The first-order valence-corrected chi connectivity index (χ1v) is 7.56. The van der Waals surface area contributed by atoms with Crippen LogP contribution in [0.4, 0.5) is 0 Å². The summed E-state index contributed by atoms with van der Waals surface area (Å²) in [6.07, 6.45) is 4.23. The standard InChI is InChI=1S/C13H21N3O2S/c1-9-7-16(13(14-9)19-8-12(17)18)11-4-5-15(3)10(2)6-11/h7,10-11H,4-6,8H2,1-3H3,(H,17,18). The molecule has 1 aliphatic heterocycles. The van der Waals surface area contributed by atoms with Crippen LogP contribution in [-0.2, 0) is 4.79 Å². The van der Waals surface area contributed by atoms with Crippen molar-refractivity contribution in [1.29, 1.82) is 0 Å². The highest BCUT2D eigenvalue weighted by Crippen LogP contribution is 2.30. The molecule has 1 aromatic heterocycles. The van der Waals surface area contributed by atoms with Gasteiger partial charge in [0.2, 0.25) is 0 Å². The van der Waals surface area contributed by atoms with E-state index in [2.05, 4.69) is 28.4 Å². The smallest absolute Gasteiger partial charge is 0.313 e. The first-order chi connectivity index (χ1) is 8.97. The van der Waals surface area contributed by atoms with Gasteiger partial charge >= 0.3 is 5.97 Å². The van der Waals surface area contributed by atoms with Crippen molar-refractivity contribution >= 4 is 17.7 Å². The number of thioether (sulfide) groups is 1. The summed E-state index contributed by atoms with van der Waals surface area (Å²) in [5.41, 5.74) is 0.958. The molecule has 1 N–H and O–H groups in total. The van der Waals surface area contributed by atoms with E-state index in [1.165, 1.54) is 11.8 Å². The third kappa shape index (κ3) is 3.51. The second kappa shape index (κ2) is 5.96. The lowest BCUT2D eigenvalue weighted by Crippen LogP contribution is -2.38. The molecule has 0 saturated carbocycles. The summed E-state index contributed by atoms with van der Waals surface area (Å²) >= 11 is 1.31. The summed E-state index contributed by atoms with van der Waals surface area (Å²) in [7, 11) is 2.15. The molecule has 0 aliphatic carbocycles. The lowest BCUT2D eigenvalue weighted by atomic mass is 9.99. The lowest BCUT2D eigenvalue weighted by Gasteiger charge is -2.36. The van der Waals surface area contributed by atoms with Crippen molar-refractivity contribution < 1.29 is 9.90 Å². The van der Waals surface area contributed by atoms with Gasteiger partial charge in [-0.05, 0) is 33.7 Å². The van der Waals surface area contributed by atoms with Gasteiger partial charge in [-0.15, -0.1) is 0 Å². The molecule has 1 saturated heterocycles. The fourth-order valence-corrected chi connectivity index (χ4v) is 3.32. The van der Waals surface area contributed by atoms with E-state index < -0.39 is 5.97 Å². The van der Waals surface area contributed by atoms with E-state index in [0.29, 0.717) is 12.1 Å². The second-order valence-corrected chi connectivity index (χ2v) is 6.20. The number of imidazole rings is 1. The molecule has 6 heteroatoms. The van der Waals surface area contributed by atoms with Crippen LogP contribution < -0.4 is 0 Å². The summed E-state index contributed by atoms with van der Waals surface area (Å²) in [5.74, 6) is -0.729. The number of aliphatic carboxylic acids is 1. The zero-order valence-electron chi connectivity index (χ0n) is 11.7. The molecule has 106 valence electrons. The molecule has 1 fully saturated rings. The molecule has 0 radical (unpaired) electrons. The van der Waals surface area contributed by atoms with Gasteiger partial charge in [0.05, 0.1) is 11.4 Å². The predicted octanol–water partition coefficient (Wildman–Crippen LogP) is 2.02. The quantitative estimate of drug-likeness (QED) is 0.857. The van der Waals surface area contributed by atoms with Crippen LogP contribution in [0.1, 0.15) is 31.5 Å². The van der Waals surface area contributed by atoms with Crippen molar-refractivity contribution in [2.75, 3.05) is 19.3 Å². The van der Waals surface area contributed by atoms with Crippen molar-refractivity contribution in [2.24, 2.45) is 0 Å². The second-order valence-electron chi connectivity index (χ2n) is 5.26. The van der Waals surface area contributed by atoms with Crippen LogP contribution in [0.5, 0.6) is 0 Å². The van der Waals surface area contributed by atoms with Crippen molar-refractivity contribution in [2.45, 2.75) is 43.9 Å². The Morgan fingerprint density at radius 1 is 1.63 bits per heavy atom. The van der Waals surface area contributed by atoms with Gasteiger partial charge in [-0.25, -0.2) is 4.98 Å². The van der Waals surface area contributed by atoms with Crippen molar-refractivity contribution in [3.63, 3.8) is 0 Å². The van der Waals surface area contributed by atoms with Crippen LogP contribution >= 0.6 is 11.8 Å². The molecule has 1 aliphatic rings. The average molecular weight is 283 g/mol. The van der Waals surface area contributed by atoms with Gasteiger partial charge in [-0.3, -0.25) is 4.79 Å². The summed E-state index contributed by atoms with van der Waals surface area (Å²) in [4.78, 5) is 17.5. The number of piperidine rings is 1. The Balaban J connectivity index is 2.12. The molecule has 2 rings (SSSR count). The SMILES string of the molecule is Cc1cn(C2CCN(C)C(C)C2)c(SCC(=O)O)n1. The Morgan fingerprint density at radius 3 is 3.00 bits per heavy atom. The molecule has 0 bridgehead atoms. The number of aryl methyl sites for hydroxylation is 1. The number of likely N-dealkylation sites (tertiary alicyclic amines) is 1. The number of rotatable bonds is 4. The molecule has 1 aromatic rings. The van der Waals surface area contributed by atoms with Crippen LogP contribution in [0, 0.1) is 6.92 Å². The third-order valence-corrected chi connectivity index (χ3v) is 4.67.